The summed E-state index contributed by atoms with van der Waals surface area (Å²) in [6.07, 6.45) is 3.15. The molecule has 1 aromatic carbocycles. The van der Waals surface area contributed by atoms with Crippen molar-refractivity contribution in [2.75, 3.05) is 12.8 Å². The van der Waals surface area contributed by atoms with E-state index >= 15 is 0 Å². The van der Waals surface area contributed by atoms with Crippen LogP contribution < -0.4 is 10.5 Å². The van der Waals surface area contributed by atoms with Crippen molar-refractivity contribution in [3.05, 3.63) is 52.7 Å². The van der Waals surface area contributed by atoms with Gasteiger partial charge in [0.1, 0.15) is 17.2 Å². The number of nitrogen functional groups attached to an aromatic ring is 1. The van der Waals surface area contributed by atoms with E-state index in [0.29, 0.717) is 17.8 Å². The van der Waals surface area contributed by atoms with Crippen LogP contribution in [0.25, 0.3) is 0 Å². The number of hydrogen-bond acceptors (Lipinski definition) is 4. The number of methoxy groups -OCH3 is 1. The number of aryl methyl sites for hydroxylation is 2. The molecule has 0 bridgehead atoms. The van der Waals surface area contributed by atoms with E-state index in [4.69, 9.17) is 10.5 Å². The van der Waals surface area contributed by atoms with Crippen molar-refractivity contribution in [2.45, 2.75) is 25.4 Å². The Morgan fingerprint density at radius 2 is 2.10 bits per heavy atom. The minimum atomic E-state index is -1.08. The molecule has 3 rings (SSSR count). The Hall–Kier alpha value is -2.07. The fourth-order valence-corrected chi connectivity index (χ4v) is 2.93. The Morgan fingerprint density at radius 1 is 1.30 bits per heavy atom. The Balaban J connectivity index is 2.18. The zero-order chi connectivity index (χ0) is 14.3. The Labute approximate surface area is 118 Å². The molecule has 0 fully saturated rings. The van der Waals surface area contributed by atoms with Crippen molar-refractivity contribution in [2.24, 2.45) is 0 Å². The standard InChI is InChI=1S/C16H18N2O2/c1-10-7-14(15(17)18-9-10)16(19)6-5-11-3-4-12(20-2)8-13(11)16/h3-4,7-9,19H,5-6H2,1-2H3,(H2,17,18). The number of rotatable bonds is 2. The van der Waals surface area contributed by atoms with E-state index in [0.717, 1.165) is 28.9 Å². The van der Waals surface area contributed by atoms with Crippen LogP contribution in [-0.4, -0.2) is 17.2 Å². The zero-order valence-electron chi connectivity index (χ0n) is 11.7. The molecule has 0 radical (unpaired) electrons. The molecule has 1 atom stereocenters. The lowest BCUT2D eigenvalue weighted by molar-refractivity contribution is 0.0831. The summed E-state index contributed by atoms with van der Waals surface area (Å²) in [4.78, 5) is 4.17. The number of aromatic nitrogens is 1. The van der Waals surface area contributed by atoms with Gasteiger partial charge in [-0.1, -0.05) is 6.07 Å². The van der Waals surface area contributed by atoms with Crippen molar-refractivity contribution in [1.29, 1.82) is 0 Å². The molecule has 0 aliphatic heterocycles. The van der Waals surface area contributed by atoms with Gasteiger partial charge in [0.25, 0.3) is 0 Å². The smallest absolute Gasteiger partial charge is 0.129 e. The van der Waals surface area contributed by atoms with Gasteiger partial charge in [0.15, 0.2) is 0 Å². The second kappa shape index (κ2) is 4.49. The number of hydrogen-bond donors (Lipinski definition) is 2. The van der Waals surface area contributed by atoms with Gasteiger partial charge in [0, 0.05) is 11.8 Å². The van der Waals surface area contributed by atoms with E-state index in [1.807, 2.05) is 31.2 Å². The SMILES string of the molecule is COc1ccc2c(c1)C(O)(c1cc(C)cnc1N)CC2. The molecule has 1 unspecified atom stereocenters. The second-order valence-electron chi connectivity index (χ2n) is 5.33. The first kappa shape index (κ1) is 12.9. The summed E-state index contributed by atoms with van der Waals surface area (Å²) in [6, 6.07) is 7.73. The number of nitrogens with two attached hydrogens (primary N) is 1. The Bertz CT molecular complexity index is 670. The van der Waals surface area contributed by atoms with Crippen LogP contribution in [0.5, 0.6) is 5.75 Å². The fourth-order valence-electron chi connectivity index (χ4n) is 2.93. The topological polar surface area (TPSA) is 68.4 Å². The van der Waals surface area contributed by atoms with Gasteiger partial charge in [-0.3, -0.25) is 0 Å². The first-order valence-corrected chi connectivity index (χ1v) is 6.67. The number of pyridine rings is 1. The van der Waals surface area contributed by atoms with Gasteiger partial charge < -0.3 is 15.6 Å². The van der Waals surface area contributed by atoms with Crippen molar-refractivity contribution in [3.63, 3.8) is 0 Å². The van der Waals surface area contributed by atoms with Gasteiger partial charge >= 0.3 is 0 Å². The third kappa shape index (κ3) is 1.84. The summed E-state index contributed by atoms with van der Waals surface area (Å²) in [7, 11) is 1.62. The molecule has 1 aromatic heterocycles. The third-order valence-electron chi connectivity index (χ3n) is 4.02. The van der Waals surface area contributed by atoms with Crippen molar-refractivity contribution in [3.8, 4) is 5.75 Å². The van der Waals surface area contributed by atoms with E-state index < -0.39 is 5.60 Å². The molecule has 2 aromatic rings. The quantitative estimate of drug-likeness (QED) is 0.877. The highest BCUT2D eigenvalue weighted by atomic mass is 16.5. The van der Waals surface area contributed by atoms with Crippen LogP contribution in [0.2, 0.25) is 0 Å². The molecular weight excluding hydrogens is 252 g/mol. The predicted octanol–water partition coefficient (Wildman–Crippen LogP) is 2.16. The van der Waals surface area contributed by atoms with E-state index in [1.165, 1.54) is 0 Å². The lowest BCUT2D eigenvalue weighted by Gasteiger charge is -2.26. The largest absolute Gasteiger partial charge is 0.497 e. The molecule has 4 heteroatoms. The summed E-state index contributed by atoms with van der Waals surface area (Å²) >= 11 is 0. The molecule has 0 saturated carbocycles. The summed E-state index contributed by atoms with van der Waals surface area (Å²) in [5, 5.41) is 11.2. The molecular formula is C16H18N2O2. The van der Waals surface area contributed by atoms with Crippen molar-refractivity contribution >= 4 is 5.82 Å². The lowest BCUT2D eigenvalue weighted by Crippen LogP contribution is -2.26. The average Bonchev–Trinajstić information content (AvgIpc) is 2.79. The third-order valence-corrected chi connectivity index (χ3v) is 4.02. The summed E-state index contributed by atoms with van der Waals surface area (Å²) < 4.78 is 5.26. The predicted molar refractivity (Wildman–Crippen MR) is 77.7 cm³/mol. The van der Waals surface area contributed by atoms with E-state index in [1.54, 1.807) is 13.3 Å². The number of aliphatic hydroxyl groups is 1. The summed E-state index contributed by atoms with van der Waals surface area (Å²) in [5.74, 6) is 1.12. The number of benzene rings is 1. The van der Waals surface area contributed by atoms with Gasteiger partial charge in [-0.25, -0.2) is 4.98 Å². The minimum absolute atomic E-state index is 0.383. The Kier molecular flexibility index (Phi) is 2.91. The highest BCUT2D eigenvalue weighted by Crippen LogP contribution is 2.44. The molecule has 1 aliphatic carbocycles. The van der Waals surface area contributed by atoms with Gasteiger partial charge in [0.05, 0.1) is 7.11 Å². The molecule has 4 nitrogen and oxygen atoms in total. The van der Waals surface area contributed by atoms with E-state index in [-0.39, 0.29) is 0 Å². The maximum absolute atomic E-state index is 11.2. The molecule has 20 heavy (non-hydrogen) atoms. The molecule has 0 amide bonds. The lowest BCUT2D eigenvalue weighted by atomic mass is 9.87. The van der Waals surface area contributed by atoms with Crippen LogP contribution in [0.3, 0.4) is 0 Å². The Morgan fingerprint density at radius 3 is 2.85 bits per heavy atom. The first-order chi connectivity index (χ1) is 9.54. The van der Waals surface area contributed by atoms with Gasteiger partial charge in [-0.2, -0.15) is 0 Å². The zero-order valence-corrected chi connectivity index (χ0v) is 11.7. The van der Waals surface area contributed by atoms with Crippen LogP contribution in [-0.2, 0) is 12.0 Å². The summed E-state index contributed by atoms with van der Waals surface area (Å²) in [5.41, 5.74) is 8.58. The van der Waals surface area contributed by atoms with Crippen LogP contribution in [0, 0.1) is 6.92 Å². The van der Waals surface area contributed by atoms with Crippen LogP contribution >= 0.6 is 0 Å². The second-order valence-corrected chi connectivity index (χ2v) is 5.33. The van der Waals surface area contributed by atoms with E-state index in [9.17, 15) is 5.11 Å². The highest BCUT2D eigenvalue weighted by molar-refractivity contribution is 5.55. The number of nitrogens with zero attached hydrogens (tertiary/aromatic N) is 1. The fraction of sp³-hybridized carbons (Fsp3) is 0.312. The molecule has 1 heterocycles. The van der Waals surface area contributed by atoms with Gasteiger partial charge in [0.2, 0.25) is 0 Å². The van der Waals surface area contributed by atoms with Gasteiger partial charge in [-0.15, -0.1) is 0 Å². The first-order valence-electron chi connectivity index (χ1n) is 6.67. The minimum Gasteiger partial charge on any atom is -0.497 e. The molecule has 0 saturated heterocycles. The van der Waals surface area contributed by atoms with E-state index in [2.05, 4.69) is 4.98 Å². The molecule has 3 N–H and O–H groups in total. The normalized spacial score (nSPS) is 20.8. The number of anilines is 1. The summed E-state index contributed by atoms with van der Waals surface area (Å²) in [6.45, 7) is 1.95. The molecule has 1 aliphatic rings. The molecule has 104 valence electrons. The monoisotopic (exact) mass is 270 g/mol. The van der Waals surface area contributed by atoms with Crippen LogP contribution in [0.15, 0.2) is 30.5 Å². The van der Waals surface area contributed by atoms with Gasteiger partial charge in [-0.05, 0) is 54.7 Å². The van der Waals surface area contributed by atoms with Crippen molar-refractivity contribution in [1.82, 2.24) is 4.98 Å². The maximum Gasteiger partial charge on any atom is 0.129 e. The maximum atomic E-state index is 11.2. The number of fused-ring (bicyclic) bond motifs is 1. The number of ether oxygens (including phenoxy) is 1. The average molecular weight is 270 g/mol. The van der Waals surface area contributed by atoms with Crippen LogP contribution in [0.1, 0.15) is 28.7 Å². The van der Waals surface area contributed by atoms with Crippen LogP contribution in [0.4, 0.5) is 5.82 Å². The van der Waals surface area contributed by atoms with Crippen molar-refractivity contribution < 1.29 is 9.84 Å². The highest BCUT2D eigenvalue weighted by Gasteiger charge is 2.40. The molecule has 0 spiro atoms.